The van der Waals surface area contributed by atoms with Gasteiger partial charge >= 0.3 is 5.97 Å². The second-order valence-electron chi connectivity index (χ2n) is 3.03. The number of aliphatic carboxylic acids is 1. The van der Waals surface area contributed by atoms with Crippen molar-refractivity contribution in [2.24, 2.45) is 0 Å². The molecule has 0 aliphatic carbocycles. The van der Waals surface area contributed by atoms with Crippen LogP contribution in [0.4, 0.5) is 5.69 Å². The van der Waals surface area contributed by atoms with Gasteiger partial charge in [0.25, 0.3) is 5.69 Å². The molecular weight excluding hydrogens is 222 g/mol. The Hall–Kier alpha value is -1.62. The fourth-order valence-corrected chi connectivity index (χ4v) is 1.34. The van der Waals surface area contributed by atoms with Crippen LogP contribution in [0.15, 0.2) is 18.2 Å². The maximum Gasteiger partial charge on any atom is 0.310 e. The molecule has 80 valence electrons. The molecule has 1 aromatic carbocycles. The fraction of sp³-hybridized carbons (Fsp3) is 0.222. The van der Waals surface area contributed by atoms with Crippen molar-refractivity contribution in [1.29, 1.82) is 0 Å². The predicted octanol–water partition coefficient (Wildman–Crippen LogP) is 2.44. The Morgan fingerprint density at radius 3 is 2.60 bits per heavy atom. The molecule has 0 bridgehead atoms. The summed E-state index contributed by atoms with van der Waals surface area (Å²) in [5.41, 5.74) is 0.219. The molecule has 6 heteroatoms. The summed E-state index contributed by atoms with van der Waals surface area (Å²) in [4.78, 5) is 20.5. The molecule has 0 aliphatic heterocycles. The number of carboxylic acids is 1. The summed E-state index contributed by atoms with van der Waals surface area (Å²) in [5, 5.41) is 19.1. The molecule has 0 amide bonds. The summed E-state index contributed by atoms with van der Waals surface area (Å²) in [6.45, 7) is 1.49. The molecule has 1 atom stereocenters. The molecule has 1 N–H and O–H groups in total. The standard InChI is InChI=1S/C9H8ClNO4/c1-5(9(12)13)6-2-3-8(11(14)15)7(10)4-6/h2-5H,1H3,(H,12,13). The Labute approximate surface area is 90.4 Å². The van der Waals surface area contributed by atoms with Gasteiger partial charge < -0.3 is 5.11 Å². The van der Waals surface area contributed by atoms with Crippen molar-refractivity contribution in [2.45, 2.75) is 12.8 Å². The molecule has 1 rings (SSSR count). The third kappa shape index (κ3) is 2.44. The largest absolute Gasteiger partial charge is 0.481 e. The first-order valence-electron chi connectivity index (χ1n) is 4.10. The Morgan fingerprint density at radius 2 is 2.20 bits per heavy atom. The first kappa shape index (κ1) is 11.5. The Balaban J connectivity index is 3.12. The number of nitro benzene ring substituents is 1. The minimum atomic E-state index is -1.00. The van der Waals surface area contributed by atoms with Crippen molar-refractivity contribution in [2.75, 3.05) is 0 Å². The zero-order chi connectivity index (χ0) is 11.6. The van der Waals surface area contributed by atoms with E-state index in [-0.39, 0.29) is 10.7 Å². The number of carboxylic acid groups (broad SMARTS) is 1. The van der Waals surface area contributed by atoms with E-state index in [2.05, 4.69) is 0 Å². The maximum absolute atomic E-state index is 10.7. The molecule has 0 aromatic heterocycles. The van der Waals surface area contributed by atoms with Gasteiger partial charge in [-0.15, -0.1) is 0 Å². The van der Waals surface area contributed by atoms with Crippen molar-refractivity contribution in [3.05, 3.63) is 38.9 Å². The summed E-state index contributed by atoms with van der Waals surface area (Å²) in [6.07, 6.45) is 0. The molecule has 0 saturated heterocycles. The van der Waals surface area contributed by atoms with Gasteiger partial charge in [-0.1, -0.05) is 17.7 Å². The quantitative estimate of drug-likeness (QED) is 0.638. The normalized spacial score (nSPS) is 12.1. The van der Waals surface area contributed by atoms with Crippen LogP contribution >= 0.6 is 11.6 Å². The first-order valence-corrected chi connectivity index (χ1v) is 4.48. The molecule has 15 heavy (non-hydrogen) atoms. The third-order valence-electron chi connectivity index (χ3n) is 2.04. The SMILES string of the molecule is CC(C(=O)O)c1ccc([N+](=O)[O-])c(Cl)c1. The van der Waals surface area contributed by atoms with Gasteiger partial charge in [0, 0.05) is 6.07 Å². The van der Waals surface area contributed by atoms with Crippen LogP contribution in [0.25, 0.3) is 0 Å². The minimum Gasteiger partial charge on any atom is -0.481 e. The predicted molar refractivity (Wildman–Crippen MR) is 54.2 cm³/mol. The highest BCUT2D eigenvalue weighted by atomic mass is 35.5. The number of nitro groups is 1. The van der Waals surface area contributed by atoms with Gasteiger partial charge in [0.05, 0.1) is 10.8 Å². The van der Waals surface area contributed by atoms with E-state index in [1.165, 1.54) is 25.1 Å². The molecule has 5 nitrogen and oxygen atoms in total. The number of benzene rings is 1. The maximum atomic E-state index is 10.7. The number of hydrogen-bond donors (Lipinski definition) is 1. The van der Waals surface area contributed by atoms with Crippen LogP contribution in [-0.2, 0) is 4.79 Å². The summed E-state index contributed by atoms with van der Waals surface area (Å²) in [6, 6.07) is 3.90. The lowest BCUT2D eigenvalue weighted by Gasteiger charge is -2.06. The van der Waals surface area contributed by atoms with Gasteiger partial charge in [0.15, 0.2) is 0 Å². The molecule has 0 radical (unpaired) electrons. The fourth-order valence-electron chi connectivity index (χ4n) is 1.08. The lowest BCUT2D eigenvalue weighted by molar-refractivity contribution is -0.384. The lowest BCUT2D eigenvalue weighted by Crippen LogP contribution is -2.07. The smallest absolute Gasteiger partial charge is 0.310 e. The van der Waals surface area contributed by atoms with Crippen LogP contribution in [0.1, 0.15) is 18.4 Å². The molecule has 1 aromatic rings. The monoisotopic (exact) mass is 229 g/mol. The molecular formula is C9H8ClNO4. The van der Waals surface area contributed by atoms with Gasteiger partial charge in [0.1, 0.15) is 5.02 Å². The lowest BCUT2D eigenvalue weighted by atomic mass is 10.0. The Kier molecular flexibility index (Phi) is 3.26. The van der Waals surface area contributed by atoms with Crippen molar-refractivity contribution in [3.63, 3.8) is 0 Å². The highest BCUT2D eigenvalue weighted by molar-refractivity contribution is 6.32. The second-order valence-corrected chi connectivity index (χ2v) is 3.44. The van der Waals surface area contributed by atoms with E-state index in [0.29, 0.717) is 5.56 Å². The summed E-state index contributed by atoms with van der Waals surface area (Å²) < 4.78 is 0. The second kappa shape index (κ2) is 4.27. The van der Waals surface area contributed by atoms with Crippen LogP contribution in [0.3, 0.4) is 0 Å². The highest BCUT2D eigenvalue weighted by Crippen LogP contribution is 2.28. The van der Waals surface area contributed by atoms with E-state index in [1.54, 1.807) is 0 Å². The van der Waals surface area contributed by atoms with Crippen molar-refractivity contribution in [3.8, 4) is 0 Å². The molecule has 0 saturated carbocycles. The van der Waals surface area contributed by atoms with Crippen LogP contribution in [0, 0.1) is 10.1 Å². The number of carbonyl (C=O) groups is 1. The highest BCUT2D eigenvalue weighted by Gasteiger charge is 2.18. The van der Waals surface area contributed by atoms with Gasteiger partial charge in [0.2, 0.25) is 0 Å². The van der Waals surface area contributed by atoms with Crippen molar-refractivity contribution >= 4 is 23.3 Å². The third-order valence-corrected chi connectivity index (χ3v) is 2.34. The van der Waals surface area contributed by atoms with Crippen LogP contribution in [-0.4, -0.2) is 16.0 Å². The van der Waals surface area contributed by atoms with Crippen LogP contribution < -0.4 is 0 Å². The van der Waals surface area contributed by atoms with Crippen LogP contribution in [0.2, 0.25) is 5.02 Å². The molecule has 0 aliphatic rings. The van der Waals surface area contributed by atoms with E-state index in [1.807, 2.05) is 0 Å². The number of halogens is 1. The number of nitrogens with zero attached hydrogens (tertiary/aromatic N) is 1. The summed E-state index contributed by atoms with van der Waals surface area (Å²) in [5.74, 6) is -1.73. The molecule has 0 fully saturated rings. The van der Waals surface area contributed by atoms with E-state index in [9.17, 15) is 14.9 Å². The van der Waals surface area contributed by atoms with Crippen molar-refractivity contribution in [1.82, 2.24) is 0 Å². The van der Waals surface area contributed by atoms with Gasteiger partial charge in [-0.3, -0.25) is 14.9 Å². The van der Waals surface area contributed by atoms with E-state index < -0.39 is 16.8 Å². The average molecular weight is 230 g/mol. The van der Waals surface area contributed by atoms with Gasteiger partial charge in [-0.25, -0.2) is 0 Å². The van der Waals surface area contributed by atoms with Gasteiger partial charge in [-0.2, -0.15) is 0 Å². The Bertz CT molecular complexity index is 419. The zero-order valence-electron chi connectivity index (χ0n) is 7.81. The average Bonchev–Trinajstić information content (AvgIpc) is 2.15. The van der Waals surface area contributed by atoms with E-state index in [0.717, 1.165) is 0 Å². The van der Waals surface area contributed by atoms with E-state index in [4.69, 9.17) is 16.7 Å². The topological polar surface area (TPSA) is 80.4 Å². The summed E-state index contributed by atoms with van der Waals surface area (Å²) in [7, 11) is 0. The Morgan fingerprint density at radius 1 is 1.60 bits per heavy atom. The number of hydrogen-bond acceptors (Lipinski definition) is 3. The minimum absolute atomic E-state index is 0.0504. The summed E-state index contributed by atoms with van der Waals surface area (Å²) >= 11 is 5.64. The molecule has 0 heterocycles. The van der Waals surface area contributed by atoms with E-state index >= 15 is 0 Å². The van der Waals surface area contributed by atoms with Gasteiger partial charge in [-0.05, 0) is 18.6 Å². The number of rotatable bonds is 3. The molecule has 0 spiro atoms. The van der Waals surface area contributed by atoms with Crippen LogP contribution in [0.5, 0.6) is 0 Å². The zero-order valence-corrected chi connectivity index (χ0v) is 8.56. The molecule has 1 unspecified atom stereocenters. The first-order chi connectivity index (χ1) is 6.93. The van der Waals surface area contributed by atoms with Crippen molar-refractivity contribution < 1.29 is 14.8 Å².